The number of carbonyl (C=O) groups is 1. The average Bonchev–Trinajstić information content (AvgIpc) is 3.03. The molecule has 1 aromatic heterocycles. The molecule has 240 valence electrons. The number of amides is 1. The second kappa shape index (κ2) is 14.0. The van der Waals surface area contributed by atoms with Crippen molar-refractivity contribution in [1.82, 2.24) is 19.8 Å². The number of likely N-dealkylation sites (N-methyl/N-ethyl adjacent to an activating group) is 1. The van der Waals surface area contributed by atoms with Crippen LogP contribution in [0.4, 0.5) is 34.5 Å². The van der Waals surface area contributed by atoms with Crippen LogP contribution in [0.5, 0.6) is 5.75 Å². The smallest absolute Gasteiger partial charge is 0.247 e. The highest BCUT2D eigenvalue weighted by Crippen LogP contribution is 2.40. The number of benzene rings is 2. The van der Waals surface area contributed by atoms with Gasteiger partial charge in [0, 0.05) is 68.4 Å². The number of methoxy groups -OCH3 is 1. The van der Waals surface area contributed by atoms with E-state index in [1.807, 2.05) is 43.3 Å². The minimum Gasteiger partial charge on any atom is -0.494 e. The summed E-state index contributed by atoms with van der Waals surface area (Å²) in [6.07, 6.45) is 5.11. The van der Waals surface area contributed by atoms with E-state index in [9.17, 15) is 9.36 Å². The van der Waals surface area contributed by atoms with Crippen LogP contribution in [0.3, 0.4) is 0 Å². The molecule has 3 heterocycles. The van der Waals surface area contributed by atoms with Crippen LogP contribution in [0.25, 0.3) is 0 Å². The van der Waals surface area contributed by atoms with Gasteiger partial charge in [-0.3, -0.25) is 9.69 Å². The SMILES string of the molecule is C=CC(=O)Nc1cc(Nc2ncc(C)c(Nc3ccccc3P(C)(C)=O)n2)c(OC)cc1N1CCC(N2CCN(C)CC2)CC1. The minimum atomic E-state index is -2.52. The monoisotopic (exact) mass is 632 g/mol. The Morgan fingerprint density at radius 3 is 2.40 bits per heavy atom. The first-order valence-electron chi connectivity index (χ1n) is 15.4. The highest BCUT2D eigenvalue weighted by atomic mass is 31.2. The highest BCUT2D eigenvalue weighted by molar-refractivity contribution is 7.70. The predicted octanol–water partition coefficient (Wildman–Crippen LogP) is 4.87. The van der Waals surface area contributed by atoms with Crippen molar-refractivity contribution in [3.63, 3.8) is 0 Å². The molecule has 2 saturated heterocycles. The Morgan fingerprint density at radius 1 is 1.02 bits per heavy atom. The van der Waals surface area contributed by atoms with Gasteiger partial charge in [-0.1, -0.05) is 18.7 Å². The van der Waals surface area contributed by atoms with Crippen molar-refractivity contribution in [2.24, 2.45) is 0 Å². The Bertz CT molecular complexity index is 1580. The van der Waals surface area contributed by atoms with Crippen molar-refractivity contribution in [3.05, 3.63) is 60.8 Å². The van der Waals surface area contributed by atoms with E-state index in [1.54, 1.807) is 26.6 Å². The molecule has 3 N–H and O–H groups in total. The van der Waals surface area contributed by atoms with Crippen molar-refractivity contribution in [3.8, 4) is 5.75 Å². The summed E-state index contributed by atoms with van der Waals surface area (Å²) in [5.74, 6) is 1.24. The maximum absolute atomic E-state index is 12.9. The number of piperazine rings is 1. The van der Waals surface area contributed by atoms with E-state index >= 15 is 0 Å². The lowest BCUT2D eigenvalue weighted by atomic mass is 10.0. The van der Waals surface area contributed by atoms with Gasteiger partial charge in [0.1, 0.15) is 18.7 Å². The molecule has 0 radical (unpaired) electrons. The number of nitrogens with one attached hydrogen (secondary N) is 3. The molecule has 5 rings (SSSR count). The van der Waals surface area contributed by atoms with Crippen LogP contribution in [0.1, 0.15) is 18.4 Å². The number of aromatic nitrogens is 2. The predicted molar refractivity (Wildman–Crippen MR) is 185 cm³/mol. The van der Waals surface area contributed by atoms with Gasteiger partial charge in [-0.15, -0.1) is 0 Å². The van der Waals surface area contributed by atoms with Gasteiger partial charge in [-0.2, -0.15) is 4.98 Å². The zero-order chi connectivity index (χ0) is 32.1. The van der Waals surface area contributed by atoms with Gasteiger partial charge in [0.2, 0.25) is 11.9 Å². The van der Waals surface area contributed by atoms with Gasteiger partial charge in [0.15, 0.2) is 0 Å². The van der Waals surface area contributed by atoms with E-state index in [0.29, 0.717) is 34.9 Å². The van der Waals surface area contributed by atoms with Crippen molar-refractivity contribution in [2.75, 3.05) is 87.6 Å². The number of piperidine rings is 1. The van der Waals surface area contributed by atoms with E-state index in [2.05, 4.69) is 49.3 Å². The van der Waals surface area contributed by atoms with E-state index in [1.165, 1.54) is 6.08 Å². The topological polar surface area (TPSA) is 115 Å². The highest BCUT2D eigenvalue weighted by Gasteiger charge is 2.28. The summed E-state index contributed by atoms with van der Waals surface area (Å²) >= 11 is 0. The van der Waals surface area contributed by atoms with Crippen LogP contribution in [0.2, 0.25) is 0 Å². The van der Waals surface area contributed by atoms with E-state index < -0.39 is 7.14 Å². The lowest BCUT2D eigenvalue weighted by Gasteiger charge is -2.43. The second-order valence-electron chi connectivity index (χ2n) is 12.2. The summed E-state index contributed by atoms with van der Waals surface area (Å²) in [5.41, 5.74) is 3.73. The Hall–Kier alpha value is -3.92. The Kier molecular flexibility index (Phi) is 10.1. The number of rotatable bonds is 10. The van der Waals surface area contributed by atoms with E-state index in [4.69, 9.17) is 9.72 Å². The van der Waals surface area contributed by atoms with Crippen molar-refractivity contribution < 1.29 is 14.1 Å². The van der Waals surface area contributed by atoms with Gasteiger partial charge in [-0.05, 0) is 64.4 Å². The van der Waals surface area contributed by atoms with Crippen LogP contribution >= 0.6 is 7.14 Å². The number of ether oxygens (including phenoxy) is 1. The first-order chi connectivity index (χ1) is 21.5. The van der Waals surface area contributed by atoms with Crippen molar-refractivity contribution in [1.29, 1.82) is 0 Å². The molecule has 0 saturated carbocycles. The normalized spacial score (nSPS) is 16.7. The quantitative estimate of drug-likeness (QED) is 0.211. The third kappa shape index (κ3) is 7.84. The van der Waals surface area contributed by atoms with Crippen LogP contribution < -0.4 is 30.9 Å². The lowest BCUT2D eigenvalue weighted by Crippen LogP contribution is -2.52. The molecular weight excluding hydrogens is 587 g/mol. The molecule has 0 aliphatic carbocycles. The molecule has 0 bridgehead atoms. The molecule has 45 heavy (non-hydrogen) atoms. The van der Waals surface area contributed by atoms with Crippen molar-refractivity contribution in [2.45, 2.75) is 25.8 Å². The maximum Gasteiger partial charge on any atom is 0.247 e. The summed E-state index contributed by atoms with van der Waals surface area (Å²) in [6.45, 7) is 15.3. The fourth-order valence-corrected chi connectivity index (χ4v) is 7.12. The first-order valence-corrected chi connectivity index (χ1v) is 18.0. The van der Waals surface area contributed by atoms with Gasteiger partial charge in [-0.25, -0.2) is 4.98 Å². The summed E-state index contributed by atoms with van der Waals surface area (Å²) < 4.78 is 18.7. The van der Waals surface area contributed by atoms with Crippen LogP contribution in [0, 0.1) is 6.92 Å². The van der Waals surface area contributed by atoms with Gasteiger partial charge >= 0.3 is 0 Å². The van der Waals surface area contributed by atoms with Crippen LogP contribution in [-0.4, -0.2) is 98.5 Å². The Balaban J connectivity index is 1.39. The lowest BCUT2D eigenvalue weighted by molar-refractivity contribution is -0.111. The number of aryl methyl sites for hydroxylation is 1. The summed E-state index contributed by atoms with van der Waals surface area (Å²) in [6, 6.07) is 11.9. The molecule has 2 aromatic carbocycles. The number of hydrogen-bond acceptors (Lipinski definition) is 10. The van der Waals surface area contributed by atoms with Crippen molar-refractivity contribution >= 4 is 52.9 Å². The largest absolute Gasteiger partial charge is 0.494 e. The number of hydrogen-bond donors (Lipinski definition) is 3. The molecule has 11 nitrogen and oxygen atoms in total. The van der Waals surface area contributed by atoms with E-state index in [-0.39, 0.29) is 5.91 Å². The standard InChI is InChI=1S/C33H45N8O3P/c1-7-31(42)35-26-20-27(29(44-4)21-28(26)41-14-12-24(13-15-41)40-18-16-39(3)17-19-40)37-33-34-22-23(2)32(38-33)36-25-10-8-9-11-30(25)45(5,6)43/h7-11,20-22,24H,1,12-19H2,2-6H3,(H,35,42)(H2,34,36,37,38). The fraction of sp³-hybridized carbons (Fsp3) is 0.424. The molecule has 0 unspecified atom stereocenters. The van der Waals surface area contributed by atoms with E-state index in [0.717, 1.165) is 74.4 Å². The average molecular weight is 633 g/mol. The fourth-order valence-electron chi connectivity index (χ4n) is 5.97. The third-order valence-corrected chi connectivity index (χ3v) is 10.1. The zero-order valence-electron chi connectivity index (χ0n) is 27.0. The molecule has 2 fully saturated rings. The number of anilines is 6. The van der Waals surface area contributed by atoms with Crippen LogP contribution in [0.15, 0.2) is 55.3 Å². The second-order valence-corrected chi connectivity index (χ2v) is 15.3. The van der Waals surface area contributed by atoms with Gasteiger partial charge in [0.05, 0.1) is 29.9 Å². The first kappa shape index (κ1) is 32.5. The summed E-state index contributed by atoms with van der Waals surface area (Å²) in [4.78, 5) is 29.1. The number of carbonyl (C=O) groups excluding carboxylic acids is 1. The molecule has 3 aromatic rings. The molecule has 12 heteroatoms. The Morgan fingerprint density at radius 2 is 1.73 bits per heavy atom. The maximum atomic E-state index is 12.9. The summed E-state index contributed by atoms with van der Waals surface area (Å²) in [7, 11) is 1.29. The molecule has 0 spiro atoms. The molecule has 0 atom stereocenters. The molecular formula is C33H45N8O3P. The number of nitrogens with zero attached hydrogens (tertiary/aromatic N) is 5. The van der Waals surface area contributed by atoms with Gasteiger partial charge < -0.3 is 35.1 Å². The molecule has 2 aliphatic rings. The summed E-state index contributed by atoms with van der Waals surface area (Å²) in [5, 5.41) is 10.4. The zero-order valence-corrected chi connectivity index (χ0v) is 27.9. The van der Waals surface area contributed by atoms with Crippen LogP contribution in [-0.2, 0) is 9.36 Å². The number of para-hydroxylation sites is 1. The molecule has 2 aliphatic heterocycles. The minimum absolute atomic E-state index is 0.291. The molecule has 1 amide bonds. The Labute approximate surface area is 266 Å². The third-order valence-electron chi connectivity index (χ3n) is 8.58. The van der Waals surface area contributed by atoms with Gasteiger partial charge in [0.25, 0.3) is 0 Å².